The number of imidazole rings is 1. The fourth-order valence-electron chi connectivity index (χ4n) is 5.16. The van der Waals surface area contributed by atoms with Crippen LogP contribution < -0.4 is 10.1 Å². The van der Waals surface area contributed by atoms with Crippen molar-refractivity contribution in [2.75, 3.05) is 32.1 Å². The summed E-state index contributed by atoms with van der Waals surface area (Å²) in [6.07, 6.45) is 7.19. The Kier molecular flexibility index (Phi) is 8.97. The van der Waals surface area contributed by atoms with Gasteiger partial charge >= 0.3 is 0 Å². The molecule has 1 aromatic carbocycles. The highest BCUT2D eigenvalue weighted by atomic mass is 32.2. The number of carbonyl (C=O) groups is 2. The van der Waals surface area contributed by atoms with Gasteiger partial charge in [-0.1, -0.05) is 26.2 Å². The number of sulfonamides is 1. The molecule has 1 aliphatic heterocycles. The fraction of sp³-hybridized carbons (Fsp3) is 0.593. The molecular weight excluding hydrogens is 522 g/mol. The molecule has 2 aliphatic rings. The van der Waals surface area contributed by atoms with Crippen molar-refractivity contribution in [1.82, 2.24) is 18.8 Å². The number of likely N-dealkylation sites (N-methyl/N-ethyl adjacent to an activating group) is 1. The summed E-state index contributed by atoms with van der Waals surface area (Å²) in [4.78, 5) is 32.1. The molecule has 0 unspecified atom stereocenters. The SMILES string of the molecule is C[C@H](CO)N1C[C@H](C)[C@@H](CN(C)S(=O)(=O)c2cn(C)cn2)Oc2ccc(NC(=O)C3CCCCC3)cc2C1=O. The largest absolute Gasteiger partial charge is 0.488 e. The second-order valence-electron chi connectivity index (χ2n) is 10.8. The summed E-state index contributed by atoms with van der Waals surface area (Å²) in [7, 11) is -0.690. The number of amides is 2. The number of benzene rings is 1. The number of rotatable bonds is 8. The van der Waals surface area contributed by atoms with Crippen molar-refractivity contribution in [2.24, 2.45) is 18.9 Å². The van der Waals surface area contributed by atoms with E-state index in [4.69, 9.17) is 4.74 Å². The Bertz CT molecular complexity index is 1290. The van der Waals surface area contributed by atoms with Gasteiger partial charge in [-0.15, -0.1) is 0 Å². The summed E-state index contributed by atoms with van der Waals surface area (Å²) < 4.78 is 35.3. The zero-order chi connectivity index (χ0) is 28.3. The molecule has 1 aliphatic carbocycles. The van der Waals surface area contributed by atoms with Gasteiger partial charge in [0, 0.05) is 44.4 Å². The second kappa shape index (κ2) is 12.1. The van der Waals surface area contributed by atoms with E-state index in [1.807, 2.05) is 6.92 Å². The van der Waals surface area contributed by atoms with Crippen LogP contribution in [0.2, 0.25) is 0 Å². The van der Waals surface area contributed by atoms with Crippen LogP contribution in [0, 0.1) is 11.8 Å². The molecule has 39 heavy (non-hydrogen) atoms. The summed E-state index contributed by atoms with van der Waals surface area (Å²) in [5, 5.41) is 12.8. The number of carbonyl (C=O) groups excluding carboxylic acids is 2. The lowest BCUT2D eigenvalue weighted by molar-refractivity contribution is -0.120. The zero-order valence-electron chi connectivity index (χ0n) is 23.0. The van der Waals surface area contributed by atoms with E-state index in [-0.39, 0.29) is 53.9 Å². The number of fused-ring (bicyclic) bond motifs is 1. The average Bonchev–Trinajstić information content (AvgIpc) is 3.38. The third kappa shape index (κ3) is 6.44. The quantitative estimate of drug-likeness (QED) is 0.506. The van der Waals surface area contributed by atoms with Crippen LogP contribution in [0.15, 0.2) is 35.7 Å². The van der Waals surface area contributed by atoms with Crippen LogP contribution in [0.1, 0.15) is 56.3 Å². The van der Waals surface area contributed by atoms with Crippen molar-refractivity contribution >= 4 is 27.5 Å². The number of hydrogen-bond donors (Lipinski definition) is 2. The maximum absolute atomic E-state index is 13.7. The Labute approximate surface area is 230 Å². The summed E-state index contributed by atoms with van der Waals surface area (Å²) in [6, 6.07) is 4.48. The van der Waals surface area contributed by atoms with Gasteiger partial charge in [0.05, 0.1) is 31.1 Å². The predicted octanol–water partition coefficient (Wildman–Crippen LogP) is 2.48. The van der Waals surface area contributed by atoms with E-state index in [2.05, 4.69) is 10.3 Å². The first kappa shape index (κ1) is 29.0. The van der Waals surface area contributed by atoms with Crippen LogP contribution in [-0.2, 0) is 21.9 Å². The molecule has 1 fully saturated rings. The van der Waals surface area contributed by atoms with Gasteiger partial charge < -0.3 is 24.6 Å². The van der Waals surface area contributed by atoms with Gasteiger partial charge in [-0.05, 0) is 38.0 Å². The lowest BCUT2D eigenvalue weighted by Crippen LogP contribution is -2.50. The molecule has 2 aromatic rings. The van der Waals surface area contributed by atoms with Crippen molar-refractivity contribution in [3.63, 3.8) is 0 Å². The smallest absolute Gasteiger partial charge is 0.261 e. The summed E-state index contributed by atoms with van der Waals surface area (Å²) in [5.74, 6) is -0.378. The monoisotopic (exact) mass is 561 g/mol. The van der Waals surface area contributed by atoms with E-state index in [0.29, 0.717) is 11.4 Å². The Hall–Kier alpha value is -2.96. The first-order valence-electron chi connectivity index (χ1n) is 13.5. The summed E-state index contributed by atoms with van der Waals surface area (Å²) in [5.41, 5.74) is 0.752. The second-order valence-corrected chi connectivity index (χ2v) is 12.8. The van der Waals surface area contributed by atoms with Gasteiger partial charge in [-0.3, -0.25) is 9.59 Å². The fourth-order valence-corrected chi connectivity index (χ4v) is 6.30. The molecule has 0 radical (unpaired) electrons. The first-order valence-corrected chi connectivity index (χ1v) is 14.9. The molecule has 3 atom stereocenters. The Morgan fingerprint density at radius 3 is 2.64 bits per heavy atom. The topological polar surface area (TPSA) is 134 Å². The van der Waals surface area contributed by atoms with Crippen molar-refractivity contribution in [2.45, 2.75) is 63.1 Å². The minimum Gasteiger partial charge on any atom is -0.488 e. The third-order valence-electron chi connectivity index (χ3n) is 7.70. The zero-order valence-corrected chi connectivity index (χ0v) is 23.9. The van der Waals surface area contributed by atoms with E-state index < -0.39 is 22.2 Å². The van der Waals surface area contributed by atoms with Crippen LogP contribution in [0.25, 0.3) is 0 Å². The molecule has 2 N–H and O–H groups in total. The number of aliphatic hydroxyl groups excluding tert-OH is 1. The molecule has 12 heteroatoms. The maximum atomic E-state index is 13.7. The number of nitrogens with one attached hydrogen (secondary N) is 1. The number of aliphatic hydroxyl groups is 1. The predicted molar refractivity (Wildman–Crippen MR) is 146 cm³/mol. The van der Waals surface area contributed by atoms with E-state index in [0.717, 1.165) is 32.1 Å². The van der Waals surface area contributed by atoms with E-state index in [1.165, 1.54) is 23.9 Å². The first-order chi connectivity index (χ1) is 18.5. The molecule has 0 bridgehead atoms. The number of ether oxygens (including phenoxy) is 1. The van der Waals surface area contributed by atoms with Gasteiger partial charge in [-0.2, -0.15) is 4.31 Å². The molecule has 4 rings (SSSR count). The Balaban J connectivity index is 1.62. The van der Waals surface area contributed by atoms with Gasteiger partial charge in [0.2, 0.25) is 5.91 Å². The molecular formula is C27H39N5O6S. The molecule has 11 nitrogen and oxygen atoms in total. The van der Waals surface area contributed by atoms with Crippen molar-refractivity contribution in [1.29, 1.82) is 0 Å². The normalized spacial score (nSPS) is 21.6. The molecule has 214 valence electrons. The van der Waals surface area contributed by atoms with E-state index in [1.54, 1.807) is 41.6 Å². The minimum atomic E-state index is -3.86. The average molecular weight is 562 g/mol. The van der Waals surface area contributed by atoms with Crippen molar-refractivity contribution in [3.8, 4) is 5.75 Å². The molecule has 0 spiro atoms. The number of hydrogen-bond acceptors (Lipinski definition) is 7. The molecule has 2 heterocycles. The highest BCUT2D eigenvalue weighted by Crippen LogP contribution is 2.32. The number of nitrogens with zero attached hydrogens (tertiary/aromatic N) is 4. The minimum absolute atomic E-state index is 0.0230. The van der Waals surface area contributed by atoms with Crippen molar-refractivity contribution < 1.29 is 27.9 Å². The van der Waals surface area contributed by atoms with Crippen LogP contribution >= 0.6 is 0 Å². The Morgan fingerprint density at radius 2 is 2.00 bits per heavy atom. The number of aryl methyl sites for hydroxylation is 1. The molecule has 0 saturated heterocycles. The van der Waals surface area contributed by atoms with E-state index in [9.17, 15) is 23.1 Å². The molecule has 2 amide bonds. The summed E-state index contributed by atoms with van der Waals surface area (Å²) in [6.45, 7) is 3.69. The maximum Gasteiger partial charge on any atom is 0.261 e. The summed E-state index contributed by atoms with van der Waals surface area (Å²) >= 11 is 0. The highest BCUT2D eigenvalue weighted by Gasteiger charge is 2.36. The lowest BCUT2D eigenvalue weighted by atomic mass is 9.88. The number of aromatic nitrogens is 2. The van der Waals surface area contributed by atoms with Crippen LogP contribution in [0.4, 0.5) is 5.69 Å². The lowest BCUT2D eigenvalue weighted by Gasteiger charge is -2.38. The molecule has 1 saturated carbocycles. The highest BCUT2D eigenvalue weighted by molar-refractivity contribution is 7.89. The van der Waals surface area contributed by atoms with Gasteiger partial charge in [-0.25, -0.2) is 13.4 Å². The van der Waals surface area contributed by atoms with E-state index >= 15 is 0 Å². The van der Waals surface area contributed by atoms with Crippen molar-refractivity contribution in [3.05, 3.63) is 36.3 Å². The standard InChI is InChI=1S/C27H39N5O6S/c1-18-13-32(19(2)16-33)27(35)22-12-21(29-26(34)20-8-6-5-7-9-20)10-11-23(22)38-24(18)14-31(4)39(36,37)25-15-30(3)17-28-25/h10-12,15,17-20,24,33H,5-9,13-14,16H2,1-4H3,(H,29,34)/t18-,19+,24+/m0/s1. The van der Waals surface area contributed by atoms with Gasteiger partial charge in [0.25, 0.3) is 15.9 Å². The Morgan fingerprint density at radius 1 is 1.28 bits per heavy atom. The third-order valence-corrected chi connectivity index (χ3v) is 9.41. The number of anilines is 1. The van der Waals surface area contributed by atoms with Crippen LogP contribution in [0.3, 0.4) is 0 Å². The van der Waals surface area contributed by atoms with Crippen LogP contribution in [0.5, 0.6) is 5.75 Å². The van der Waals surface area contributed by atoms with Gasteiger partial charge in [0.15, 0.2) is 5.03 Å². The van der Waals surface area contributed by atoms with Gasteiger partial charge in [0.1, 0.15) is 11.9 Å². The van der Waals surface area contributed by atoms with Crippen LogP contribution in [-0.4, -0.2) is 83.0 Å². The molecule has 1 aromatic heterocycles.